The van der Waals surface area contributed by atoms with Crippen molar-refractivity contribution in [1.29, 1.82) is 0 Å². The normalized spacial score (nSPS) is 14.3. The average Bonchev–Trinajstić information content (AvgIpc) is 2.62. The Balaban J connectivity index is 4.81. The number of amides is 2. The molecule has 0 aliphatic heterocycles. The maximum absolute atomic E-state index is 12.7. The van der Waals surface area contributed by atoms with Gasteiger partial charge in [0.05, 0.1) is 7.11 Å². The van der Waals surface area contributed by atoms with Crippen LogP contribution in [0.5, 0.6) is 0 Å². The molecule has 0 aliphatic carbocycles. The lowest BCUT2D eigenvalue weighted by Crippen LogP contribution is -2.54. The third-order valence-electron chi connectivity index (χ3n) is 4.40. The van der Waals surface area contributed by atoms with Gasteiger partial charge in [0.15, 0.2) is 0 Å². The molecule has 2 N–H and O–H groups in total. The van der Waals surface area contributed by atoms with Crippen LogP contribution in [-0.4, -0.2) is 48.5 Å². The molecule has 2 amide bonds. The van der Waals surface area contributed by atoms with Gasteiger partial charge in [0.1, 0.15) is 17.7 Å². The third kappa shape index (κ3) is 11.5. The first-order valence-electron chi connectivity index (χ1n) is 10.3. The molecule has 0 aromatic heterocycles. The molecule has 29 heavy (non-hydrogen) atoms. The standard InChI is InChI=1S/C21H38N2O6/c1-8-11-15(20(27)28-7)22-19(26)18(14(3)9-2)23-16(24)12-10-13-17(25)29-21(4,5)6/h14-15,18H,8-13H2,1-7H3,(H,22,26)(H,23,24)/t14-,15-,18-/m0/s1. The number of methoxy groups -OCH3 is 1. The Hall–Kier alpha value is -2.12. The second-order valence-corrected chi connectivity index (χ2v) is 8.24. The molecule has 0 spiro atoms. The Morgan fingerprint density at radius 2 is 1.62 bits per heavy atom. The van der Waals surface area contributed by atoms with Crippen LogP contribution in [0.1, 0.15) is 80.1 Å². The third-order valence-corrected chi connectivity index (χ3v) is 4.40. The molecule has 0 saturated carbocycles. The first-order chi connectivity index (χ1) is 13.4. The van der Waals surface area contributed by atoms with Crippen molar-refractivity contribution in [2.45, 2.75) is 97.8 Å². The minimum absolute atomic E-state index is 0.106. The molecule has 8 heteroatoms. The van der Waals surface area contributed by atoms with Crippen LogP contribution < -0.4 is 10.6 Å². The highest BCUT2D eigenvalue weighted by Gasteiger charge is 2.29. The smallest absolute Gasteiger partial charge is 0.328 e. The molecule has 0 aliphatic rings. The topological polar surface area (TPSA) is 111 Å². The molecule has 0 saturated heterocycles. The summed E-state index contributed by atoms with van der Waals surface area (Å²) in [5, 5.41) is 5.43. The summed E-state index contributed by atoms with van der Waals surface area (Å²) < 4.78 is 9.95. The Morgan fingerprint density at radius 3 is 2.10 bits per heavy atom. The van der Waals surface area contributed by atoms with Crippen molar-refractivity contribution in [2.75, 3.05) is 7.11 Å². The Labute approximate surface area is 174 Å². The summed E-state index contributed by atoms with van der Waals surface area (Å²) >= 11 is 0. The van der Waals surface area contributed by atoms with Crippen molar-refractivity contribution in [1.82, 2.24) is 10.6 Å². The predicted molar refractivity (Wildman–Crippen MR) is 110 cm³/mol. The summed E-state index contributed by atoms with van der Waals surface area (Å²) in [6.07, 6.45) is 2.39. The van der Waals surface area contributed by atoms with E-state index in [1.807, 2.05) is 20.8 Å². The van der Waals surface area contributed by atoms with E-state index in [2.05, 4.69) is 10.6 Å². The van der Waals surface area contributed by atoms with E-state index in [0.717, 1.165) is 0 Å². The fourth-order valence-corrected chi connectivity index (χ4v) is 2.67. The van der Waals surface area contributed by atoms with Crippen LogP contribution in [0.3, 0.4) is 0 Å². The van der Waals surface area contributed by atoms with E-state index in [4.69, 9.17) is 9.47 Å². The molecule has 0 aromatic rings. The molecule has 0 rings (SSSR count). The maximum Gasteiger partial charge on any atom is 0.328 e. The minimum atomic E-state index is -0.766. The van der Waals surface area contributed by atoms with Gasteiger partial charge in [-0.3, -0.25) is 14.4 Å². The van der Waals surface area contributed by atoms with Gasteiger partial charge in [-0.15, -0.1) is 0 Å². The summed E-state index contributed by atoms with van der Waals surface area (Å²) in [6, 6.07) is -1.51. The van der Waals surface area contributed by atoms with Gasteiger partial charge in [-0.2, -0.15) is 0 Å². The highest BCUT2D eigenvalue weighted by molar-refractivity contribution is 5.91. The number of hydrogen-bond donors (Lipinski definition) is 2. The van der Waals surface area contributed by atoms with Gasteiger partial charge in [0.25, 0.3) is 0 Å². The number of ether oxygens (including phenoxy) is 2. The van der Waals surface area contributed by atoms with E-state index in [1.165, 1.54) is 7.11 Å². The predicted octanol–water partition coefficient (Wildman–Crippen LogP) is 2.49. The second-order valence-electron chi connectivity index (χ2n) is 8.24. The van der Waals surface area contributed by atoms with E-state index in [-0.39, 0.29) is 30.6 Å². The van der Waals surface area contributed by atoms with Gasteiger partial charge in [-0.25, -0.2) is 4.79 Å². The fourth-order valence-electron chi connectivity index (χ4n) is 2.67. The SMILES string of the molecule is CCC[C@H](NC(=O)[C@@H](NC(=O)CCCC(=O)OC(C)(C)C)[C@@H](C)CC)C(=O)OC. The van der Waals surface area contributed by atoms with Gasteiger partial charge >= 0.3 is 11.9 Å². The van der Waals surface area contributed by atoms with Crippen LogP contribution in [0, 0.1) is 5.92 Å². The zero-order valence-electron chi connectivity index (χ0n) is 18.9. The van der Waals surface area contributed by atoms with Gasteiger partial charge in [-0.05, 0) is 39.5 Å². The Morgan fingerprint density at radius 1 is 1.00 bits per heavy atom. The Kier molecular flexibility index (Phi) is 12.2. The first-order valence-corrected chi connectivity index (χ1v) is 10.3. The summed E-state index contributed by atoms with van der Waals surface area (Å²) in [5.74, 6) is -1.72. The van der Waals surface area contributed by atoms with E-state index in [0.29, 0.717) is 25.7 Å². The fraction of sp³-hybridized carbons (Fsp3) is 0.810. The lowest BCUT2D eigenvalue weighted by atomic mass is 9.97. The molecule has 168 valence electrons. The minimum Gasteiger partial charge on any atom is -0.467 e. The van der Waals surface area contributed by atoms with Crippen molar-refractivity contribution in [2.24, 2.45) is 5.92 Å². The zero-order valence-corrected chi connectivity index (χ0v) is 18.9. The zero-order chi connectivity index (χ0) is 22.6. The van der Waals surface area contributed by atoms with Crippen LogP contribution >= 0.6 is 0 Å². The van der Waals surface area contributed by atoms with Gasteiger partial charge in [0.2, 0.25) is 11.8 Å². The molecule has 0 aromatic carbocycles. The summed E-state index contributed by atoms with van der Waals surface area (Å²) in [6.45, 7) is 11.0. The number of carbonyl (C=O) groups is 4. The molecule has 0 heterocycles. The number of hydrogen-bond acceptors (Lipinski definition) is 6. The van der Waals surface area contributed by atoms with Crippen molar-refractivity contribution in [3.63, 3.8) is 0 Å². The molecular formula is C21H38N2O6. The summed E-state index contributed by atoms with van der Waals surface area (Å²) in [5.41, 5.74) is -0.562. The molecule has 0 radical (unpaired) electrons. The van der Waals surface area contributed by atoms with Crippen LogP contribution in [0.2, 0.25) is 0 Å². The second kappa shape index (κ2) is 13.2. The molecule has 0 unspecified atom stereocenters. The van der Waals surface area contributed by atoms with Gasteiger partial charge in [0, 0.05) is 12.8 Å². The number of nitrogens with one attached hydrogen (secondary N) is 2. The van der Waals surface area contributed by atoms with Gasteiger partial charge in [-0.1, -0.05) is 33.6 Å². The van der Waals surface area contributed by atoms with E-state index in [1.54, 1.807) is 20.8 Å². The monoisotopic (exact) mass is 414 g/mol. The molecule has 0 fully saturated rings. The Bertz CT molecular complexity index is 556. The van der Waals surface area contributed by atoms with Crippen molar-refractivity contribution in [3.05, 3.63) is 0 Å². The summed E-state index contributed by atoms with van der Waals surface area (Å²) in [7, 11) is 1.27. The highest BCUT2D eigenvalue weighted by atomic mass is 16.6. The van der Waals surface area contributed by atoms with Crippen molar-refractivity contribution >= 4 is 23.8 Å². The van der Waals surface area contributed by atoms with Crippen molar-refractivity contribution in [3.8, 4) is 0 Å². The molecule has 0 bridgehead atoms. The maximum atomic E-state index is 12.7. The number of rotatable bonds is 12. The van der Waals surface area contributed by atoms with Crippen LogP contribution in [0.25, 0.3) is 0 Å². The van der Waals surface area contributed by atoms with E-state index < -0.39 is 29.6 Å². The van der Waals surface area contributed by atoms with Crippen LogP contribution in [-0.2, 0) is 28.7 Å². The highest BCUT2D eigenvalue weighted by Crippen LogP contribution is 2.12. The number of carbonyl (C=O) groups excluding carboxylic acids is 4. The van der Waals surface area contributed by atoms with Crippen LogP contribution in [0.4, 0.5) is 0 Å². The van der Waals surface area contributed by atoms with Crippen molar-refractivity contribution < 1.29 is 28.7 Å². The largest absolute Gasteiger partial charge is 0.467 e. The molecule has 3 atom stereocenters. The summed E-state index contributed by atoms with van der Waals surface area (Å²) in [4.78, 5) is 48.6. The molecular weight excluding hydrogens is 376 g/mol. The molecule has 8 nitrogen and oxygen atoms in total. The quantitative estimate of drug-likeness (QED) is 0.475. The first kappa shape index (κ1) is 26.9. The van der Waals surface area contributed by atoms with Crippen LogP contribution in [0.15, 0.2) is 0 Å². The lowest BCUT2D eigenvalue weighted by Gasteiger charge is -2.26. The average molecular weight is 415 g/mol. The number of esters is 2. The van der Waals surface area contributed by atoms with E-state index in [9.17, 15) is 19.2 Å². The van der Waals surface area contributed by atoms with E-state index >= 15 is 0 Å². The lowest BCUT2D eigenvalue weighted by molar-refractivity contribution is -0.155. The van der Waals surface area contributed by atoms with Gasteiger partial charge < -0.3 is 20.1 Å².